The van der Waals surface area contributed by atoms with E-state index in [1.165, 1.54) is 16.7 Å². The lowest BCUT2D eigenvalue weighted by atomic mass is 10.1. The summed E-state index contributed by atoms with van der Waals surface area (Å²) in [4.78, 5) is 14.7. The van der Waals surface area contributed by atoms with Crippen LogP contribution in [0.25, 0.3) is 6.08 Å². The van der Waals surface area contributed by atoms with Gasteiger partial charge in [0.25, 0.3) is 5.91 Å². The molecule has 33 heavy (non-hydrogen) atoms. The first kappa shape index (κ1) is 25.3. The van der Waals surface area contributed by atoms with E-state index >= 15 is 0 Å². The monoisotopic (exact) mass is 593 g/mol. The van der Waals surface area contributed by atoms with E-state index in [0.717, 1.165) is 26.9 Å². The van der Waals surface area contributed by atoms with Crippen LogP contribution in [-0.4, -0.2) is 42.0 Å². The van der Waals surface area contributed by atoms with E-state index in [9.17, 15) is 4.79 Å². The molecule has 8 heteroatoms. The van der Waals surface area contributed by atoms with E-state index in [4.69, 9.17) is 26.4 Å². The number of ether oxygens (including phenoxy) is 3. The number of allylic oxidation sites excluding steroid dienone is 1. The molecule has 1 aliphatic rings. The van der Waals surface area contributed by atoms with Crippen LogP contribution in [0.5, 0.6) is 17.2 Å². The fraction of sp³-hybridized carbons (Fsp3) is 0.200. The summed E-state index contributed by atoms with van der Waals surface area (Å²) in [5.74, 6) is 1.93. The van der Waals surface area contributed by atoms with Crippen molar-refractivity contribution >= 4 is 62.9 Å². The Morgan fingerprint density at radius 1 is 1.12 bits per heavy atom. The maximum Gasteiger partial charge on any atom is 0.266 e. The third kappa shape index (κ3) is 6.39. The molecule has 2 aromatic rings. The van der Waals surface area contributed by atoms with Crippen LogP contribution >= 0.6 is 46.6 Å². The zero-order valence-electron chi connectivity index (χ0n) is 18.2. The molecule has 1 saturated heterocycles. The van der Waals surface area contributed by atoms with Crippen LogP contribution in [0.2, 0.25) is 0 Å². The molecule has 0 bridgehead atoms. The molecule has 1 aliphatic heterocycles. The number of benzene rings is 2. The number of thioether (sulfide) groups is 1. The highest BCUT2D eigenvalue weighted by Crippen LogP contribution is 2.37. The summed E-state index contributed by atoms with van der Waals surface area (Å²) in [5, 5.41) is 0. The molecule has 1 heterocycles. The number of nitrogens with zero attached hydrogens (tertiary/aromatic N) is 1. The average Bonchev–Trinajstić information content (AvgIpc) is 3.06. The van der Waals surface area contributed by atoms with Crippen molar-refractivity contribution in [2.75, 3.05) is 26.9 Å². The second-order valence-electron chi connectivity index (χ2n) is 6.91. The molecule has 0 unspecified atom stereocenters. The summed E-state index contributed by atoms with van der Waals surface area (Å²) in [7, 11) is 1.59. The molecule has 1 fully saturated rings. The summed E-state index contributed by atoms with van der Waals surface area (Å²) >= 11 is 8.79. The molecule has 0 N–H and O–H groups in total. The quantitative estimate of drug-likeness (QED) is 0.107. The summed E-state index contributed by atoms with van der Waals surface area (Å²) in [6, 6.07) is 11.7. The molecule has 172 valence electrons. The van der Waals surface area contributed by atoms with Gasteiger partial charge in [-0.25, -0.2) is 0 Å². The standard InChI is InChI=1S/C25H24INO4S2/c1-4-8-18-9-6-7-10-20(18)30-12-13-31-23-19(26)14-17(15-21(23)29-3)16-22-24(28)27(11-5-2)25(32)33-22/h4-7,9-10,14-16H,1-2,8,11-13H2,3H3/b22-16-. The number of hydrogen-bond acceptors (Lipinski definition) is 6. The fourth-order valence-electron chi connectivity index (χ4n) is 3.17. The number of carbonyl (C=O) groups is 1. The van der Waals surface area contributed by atoms with Gasteiger partial charge in [0.15, 0.2) is 11.5 Å². The SMILES string of the molecule is C=CCc1ccccc1OCCOc1c(I)cc(/C=C2\SC(=S)N(CC=C)C2=O)cc1OC. The minimum atomic E-state index is -0.118. The van der Waals surface area contributed by atoms with Crippen LogP contribution < -0.4 is 14.2 Å². The number of halogens is 1. The van der Waals surface area contributed by atoms with Gasteiger partial charge in [0.2, 0.25) is 0 Å². The van der Waals surface area contributed by atoms with E-state index in [1.807, 2.05) is 48.6 Å². The summed E-state index contributed by atoms with van der Waals surface area (Å²) in [6.07, 6.45) is 6.07. The Balaban J connectivity index is 1.69. The van der Waals surface area contributed by atoms with Crippen molar-refractivity contribution in [1.82, 2.24) is 4.90 Å². The molecule has 2 aromatic carbocycles. The largest absolute Gasteiger partial charge is 0.493 e. The fourth-order valence-corrected chi connectivity index (χ4v) is 5.22. The van der Waals surface area contributed by atoms with E-state index in [0.29, 0.717) is 40.5 Å². The Morgan fingerprint density at radius 2 is 1.88 bits per heavy atom. The second-order valence-corrected chi connectivity index (χ2v) is 9.75. The number of methoxy groups -OCH3 is 1. The Hall–Kier alpha value is -2.30. The Kier molecular flexibility index (Phi) is 9.40. The van der Waals surface area contributed by atoms with Crippen LogP contribution in [0.3, 0.4) is 0 Å². The highest BCUT2D eigenvalue weighted by molar-refractivity contribution is 14.1. The second kappa shape index (κ2) is 12.2. The van der Waals surface area contributed by atoms with Crippen molar-refractivity contribution in [3.8, 4) is 17.2 Å². The van der Waals surface area contributed by atoms with Gasteiger partial charge in [-0.05, 0) is 64.4 Å². The molecule has 1 amide bonds. The molecular formula is C25H24INO4S2. The molecule has 0 radical (unpaired) electrons. The first-order chi connectivity index (χ1) is 16.0. The maximum atomic E-state index is 12.6. The van der Waals surface area contributed by atoms with Crippen LogP contribution in [0.4, 0.5) is 0 Å². The molecule has 0 atom stereocenters. The van der Waals surface area contributed by atoms with Crippen LogP contribution in [-0.2, 0) is 11.2 Å². The van der Waals surface area contributed by atoms with Crippen molar-refractivity contribution in [2.45, 2.75) is 6.42 Å². The number of para-hydroxylation sites is 1. The van der Waals surface area contributed by atoms with E-state index in [1.54, 1.807) is 13.2 Å². The summed E-state index contributed by atoms with van der Waals surface area (Å²) in [5.41, 5.74) is 1.92. The van der Waals surface area contributed by atoms with Crippen molar-refractivity contribution in [1.29, 1.82) is 0 Å². The highest BCUT2D eigenvalue weighted by Gasteiger charge is 2.31. The van der Waals surface area contributed by atoms with Gasteiger partial charge in [-0.3, -0.25) is 9.69 Å². The first-order valence-corrected chi connectivity index (χ1v) is 12.5. The lowest BCUT2D eigenvalue weighted by Gasteiger charge is -2.15. The minimum Gasteiger partial charge on any atom is -0.493 e. The topological polar surface area (TPSA) is 48.0 Å². The minimum absolute atomic E-state index is 0.118. The third-order valence-corrected chi connectivity index (χ3v) is 6.84. The van der Waals surface area contributed by atoms with Gasteiger partial charge < -0.3 is 14.2 Å². The summed E-state index contributed by atoms with van der Waals surface area (Å²) < 4.78 is 18.8. The number of rotatable bonds is 11. The lowest BCUT2D eigenvalue weighted by molar-refractivity contribution is -0.121. The van der Waals surface area contributed by atoms with Gasteiger partial charge in [0.05, 0.1) is 15.6 Å². The highest BCUT2D eigenvalue weighted by atomic mass is 127. The average molecular weight is 594 g/mol. The normalized spacial score (nSPS) is 14.5. The first-order valence-electron chi connectivity index (χ1n) is 10.2. The summed E-state index contributed by atoms with van der Waals surface area (Å²) in [6.45, 7) is 8.61. The zero-order valence-corrected chi connectivity index (χ0v) is 22.0. The predicted octanol–water partition coefficient (Wildman–Crippen LogP) is 5.87. The maximum absolute atomic E-state index is 12.6. The number of amides is 1. The van der Waals surface area contributed by atoms with Gasteiger partial charge in [-0.15, -0.1) is 13.2 Å². The van der Waals surface area contributed by atoms with Crippen molar-refractivity contribution in [2.24, 2.45) is 0 Å². The van der Waals surface area contributed by atoms with Crippen LogP contribution in [0.15, 0.2) is 66.6 Å². The van der Waals surface area contributed by atoms with Gasteiger partial charge >= 0.3 is 0 Å². The molecule has 0 aromatic heterocycles. The lowest BCUT2D eigenvalue weighted by Crippen LogP contribution is -2.27. The van der Waals surface area contributed by atoms with Gasteiger partial charge in [-0.1, -0.05) is 54.3 Å². The van der Waals surface area contributed by atoms with Gasteiger partial charge in [0.1, 0.15) is 23.3 Å². The number of hydrogen-bond donors (Lipinski definition) is 0. The Morgan fingerprint density at radius 3 is 2.61 bits per heavy atom. The zero-order chi connectivity index (χ0) is 23.8. The third-order valence-electron chi connectivity index (χ3n) is 4.66. The van der Waals surface area contributed by atoms with E-state index in [-0.39, 0.29) is 5.91 Å². The Bertz CT molecular complexity index is 1100. The number of thiocarbonyl (C=S) groups is 1. The van der Waals surface area contributed by atoms with Crippen molar-refractivity contribution < 1.29 is 19.0 Å². The molecule has 0 aliphatic carbocycles. The molecule has 3 rings (SSSR count). The molecule has 0 spiro atoms. The number of carbonyl (C=O) groups excluding carboxylic acids is 1. The molecular weight excluding hydrogens is 569 g/mol. The van der Waals surface area contributed by atoms with Crippen LogP contribution in [0.1, 0.15) is 11.1 Å². The van der Waals surface area contributed by atoms with Gasteiger partial charge in [0, 0.05) is 6.54 Å². The molecule has 5 nitrogen and oxygen atoms in total. The van der Waals surface area contributed by atoms with E-state index in [2.05, 4.69) is 35.7 Å². The predicted molar refractivity (Wildman–Crippen MR) is 147 cm³/mol. The van der Waals surface area contributed by atoms with Crippen molar-refractivity contribution in [3.05, 3.63) is 81.3 Å². The van der Waals surface area contributed by atoms with E-state index < -0.39 is 0 Å². The molecule has 0 saturated carbocycles. The van der Waals surface area contributed by atoms with Crippen LogP contribution in [0, 0.1) is 3.57 Å². The Labute approximate surface area is 217 Å². The smallest absolute Gasteiger partial charge is 0.266 e. The van der Waals surface area contributed by atoms with Gasteiger partial charge in [-0.2, -0.15) is 0 Å². The van der Waals surface area contributed by atoms with Crippen molar-refractivity contribution in [3.63, 3.8) is 0 Å².